The molecule has 0 bridgehead atoms. The molecule has 0 aliphatic carbocycles. The van der Waals surface area contributed by atoms with E-state index in [1.54, 1.807) is 7.05 Å². The SMILES string of the molecule is CN=C(NCc1ccc(N2CCNC(=O)C2)cc1)NCC(C)COCc1ccccc1.I. The highest BCUT2D eigenvalue weighted by atomic mass is 127. The molecule has 2 aromatic rings. The summed E-state index contributed by atoms with van der Waals surface area (Å²) in [5.41, 5.74) is 3.42. The van der Waals surface area contributed by atoms with Gasteiger partial charge in [0.1, 0.15) is 0 Å². The average molecular weight is 551 g/mol. The van der Waals surface area contributed by atoms with E-state index in [0.29, 0.717) is 38.8 Å². The number of benzene rings is 2. The lowest BCUT2D eigenvalue weighted by Gasteiger charge is -2.28. The van der Waals surface area contributed by atoms with Crippen LogP contribution in [0.25, 0.3) is 0 Å². The van der Waals surface area contributed by atoms with Gasteiger partial charge in [-0.2, -0.15) is 0 Å². The number of anilines is 1. The molecule has 3 N–H and O–H groups in total. The Morgan fingerprint density at radius 3 is 2.56 bits per heavy atom. The number of carbonyl (C=O) groups is 1. The first kappa shape index (κ1) is 25.9. The molecule has 1 heterocycles. The average Bonchev–Trinajstić information content (AvgIpc) is 2.80. The van der Waals surface area contributed by atoms with Crippen LogP contribution in [0.4, 0.5) is 5.69 Å². The Balaban J connectivity index is 0.00000363. The molecule has 0 aromatic heterocycles. The smallest absolute Gasteiger partial charge is 0.239 e. The van der Waals surface area contributed by atoms with Crippen molar-refractivity contribution in [2.75, 3.05) is 44.7 Å². The topological polar surface area (TPSA) is 78.0 Å². The number of nitrogens with zero attached hydrogens (tertiary/aromatic N) is 2. The van der Waals surface area contributed by atoms with E-state index in [9.17, 15) is 4.79 Å². The molecule has 1 fully saturated rings. The first-order valence-corrected chi connectivity index (χ1v) is 10.8. The second-order valence-electron chi connectivity index (χ2n) is 7.85. The van der Waals surface area contributed by atoms with Crippen LogP contribution in [0.3, 0.4) is 0 Å². The summed E-state index contributed by atoms with van der Waals surface area (Å²) in [4.78, 5) is 18.0. The fraction of sp³-hybridized carbons (Fsp3) is 0.417. The standard InChI is InChI=1S/C24H33N5O2.HI/c1-19(17-31-18-21-6-4-3-5-7-21)14-27-24(25-2)28-15-20-8-10-22(11-9-20)29-13-12-26-23(30)16-29;/h3-11,19H,12-18H2,1-2H3,(H,26,30)(H2,25,27,28);1H. The number of carbonyl (C=O) groups excluding carboxylic acids is 1. The first-order valence-electron chi connectivity index (χ1n) is 10.8. The summed E-state index contributed by atoms with van der Waals surface area (Å²) in [5.74, 6) is 1.21. The molecule has 1 saturated heterocycles. The van der Waals surface area contributed by atoms with Crippen molar-refractivity contribution < 1.29 is 9.53 Å². The lowest BCUT2D eigenvalue weighted by atomic mass is 10.2. The van der Waals surface area contributed by atoms with Gasteiger partial charge in [0, 0.05) is 38.9 Å². The number of rotatable bonds is 9. The van der Waals surface area contributed by atoms with Crippen molar-refractivity contribution in [1.82, 2.24) is 16.0 Å². The van der Waals surface area contributed by atoms with E-state index < -0.39 is 0 Å². The lowest BCUT2D eigenvalue weighted by molar-refractivity contribution is -0.120. The summed E-state index contributed by atoms with van der Waals surface area (Å²) < 4.78 is 5.82. The molecule has 0 saturated carbocycles. The van der Waals surface area contributed by atoms with E-state index in [1.807, 2.05) is 18.2 Å². The number of ether oxygens (including phenoxy) is 1. The van der Waals surface area contributed by atoms with Crippen LogP contribution in [0.2, 0.25) is 0 Å². The number of aliphatic imine (C=N–C) groups is 1. The Morgan fingerprint density at radius 1 is 1.12 bits per heavy atom. The molecule has 0 radical (unpaired) electrons. The van der Waals surface area contributed by atoms with Crippen molar-refractivity contribution in [1.29, 1.82) is 0 Å². The quantitative estimate of drug-likeness (QED) is 0.254. The highest BCUT2D eigenvalue weighted by molar-refractivity contribution is 14.0. The molecule has 7 nitrogen and oxygen atoms in total. The van der Waals surface area contributed by atoms with Crippen LogP contribution in [0.1, 0.15) is 18.1 Å². The lowest BCUT2D eigenvalue weighted by Crippen LogP contribution is -2.47. The van der Waals surface area contributed by atoms with Crippen molar-refractivity contribution in [3.63, 3.8) is 0 Å². The number of piperazine rings is 1. The number of halogens is 1. The molecule has 1 atom stereocenters. The minimum absolute atomic E-state index is 0. The van der Waals surface area contributed by atoms with E-state index in [0.717, 1.165) is 30.3 Å². The highest BCUT2D eigenvalue weighted by Crippen LogP contribution is 2.16. The van der Waals surface area contributed by atoms with Gasteiger partial charge in [-0.05, 0) is 29.2 Å². The summed E-state index contributed by atoms with van der Waals surface area (Å²) in [6.45, 7) is 6.90. The van der Waals surface area contributed by atoms with Crippen molar-refractivity contribution >= 4 is 41.5 Å². The molecule has 0 spiro atoms. The maximum absolute atomic E-state index is 11.6. The van der Waals surface area contributed by atoms with Gasteiger partial charge in [-0.3, -0.25) is 9.79 Å². The van der Waals surface area contributed by atoms with E-state index in [1.165, 1.54) is 5.56 Å². The predicted molar refractivity (Wildman–Crippen MR) is 141 cm³/mol. The number of hydrogen-bond donors (Lipinski definition) is 3. The van der Waals surface area contributed by atoms with Crippen LogP contribution in [0.15, 0.2) is 59.6 Å². The van der Waals surface area contributed by atoms with Gasteiger partial charge in [-0.15, -0.1) is 24.0 Å². The van der Waals surface area contributed by atoms with Crippen LogP contribution < -0.4 is 20.9 Å². The van der Waals surface area contributed by atoms with Gasteiger partial charge in [0.2, 0.25) is 5.91 Å². The summed E-state index contributed by atoms with van der Waals surface area (Å²) in [6, 6.07) is 18.5. The predicted octanol–water partition coefficient (Wildman–Crippen LogP) is 2.76. The maximum Gasteiger partial charge on any atom is 0.239 e. The van der Waals surface area contributed by atoms with E-state index in [-0.39, 0.29) is 29.9 Å². The van der Waals surface area contributed by atoms with Crippen molar-refractivity contribution in [3.8, 4) is 0 Å². The molecule has 1 aliphatic rings. The molecule has 32 heavy (non-hydrogen) atoms. The molecule has 8 heteroatoms. The Labute approximate surface area is 208 Å². The fourth-order valence-corrected chi connectivity index (χ4v) is 3.37. The van der Waals surface area contributed by atoms with Crippen LogP contribution in [0, 0.1) is 5.92 Å². The largest absolute Gasteiger partial charge is 0.376 e. The Morgan fingerprint density at radius 2 is 1.88 bits per heavy atom. The molecule has 1 aliphatic heterocycles. The zero-order valence-electron chi connectivity index (χ0n) is 18.8. The van der Waals surface area contributed by atoms with Gasteiger partial charge in [0.05, 0.1) is 19.8 Å². The highest BCUT2D eigenvalue weighted by Gasteiger charge is 2.16. The van der Waals surface area contributed by atoms with E-state index >= 15 is 0 Å². The van der Waals surface area contributed by atoms with Gasteiger partial charge in [0.15, 0.2) is 5.96 Å². The van der Waals surface area contributed by atoms with E-state index in [4.69, 9.17) is 4.74 Å². The van der Waals surface area contributed by atoms with E-state index in [2.05, 4.69) is 69.2 Å². The molecule has 174 valence electrons. The third kappa shape index (κ3) is 8.66. The number of nitrogens with one attached hydrogen (secondary N) is 3. The molecule has 3 rings (SSSR count). The summed E-state index contributed by atoms with van der Waals surface area (Å²) in [5, 5.41) is 9.56. The van der Waals surface area contributed by atoms with Gasteiger partial charge < -0.3 is 25.6 Å². The Kier molecular flexibility index (Phi) is 11.3. The molecule has 1 amide bonds. The van der Waals surface area contributed by atoms with Gasteiger partial charge in [-0.1, -0.05) is 49.4 Å². The third-order valence-corrected chi connectivity index (χ3v) is 5.16. The summed E-state index contributed by atoms with van der Waals surface area (Å²) in [6.07, 6.45) is 0. The van der Waals surface area contributed by atoms with Crippen molar-refractivity contribution in [2.24, 2.45) is 10.9 Å². The second kappa shape index (κ2) is 13.9. The third-order valence-electron chi connectivity index (χ3n) is 5.16. The molecule has 2 aromatic carbocycles. The van der Waals surface area contributed by atoms with Crippen LogP contribution in [0.5, 0.6) is 0 Å². The zero-order valence-corrected chi connectivity index (χ0v) is 21.2. The Bertz CT molecular complexity index is 845. The molecule has 1 unspecified atom stereocenters. The summed E-state index contributed by atoms with van der Waals surface area (Å²) in [7, 11) is 1.77. The zero-order chi connectivity index (χ0) is 21.9. The van der Waals surface area contributed by atoms with Crippen LogP contribution >= 0.6 is 24.0 Å². The van der Waals surface area contributed by atoms with Gasteiger partial charge in [0.25, 0.3) is 0 Å². The first-order chi connectivity index (χ1) is 15.1. The molecular formula is C24H34IN5O2. The summed E-state index contributed by atoms with van der Waals surface area (Å²) >= 11 is 0. The minimum atomic E-state index is 0. The van der Waals surface area contributed by atoms with Gasteiger partial charge >= 0.3 is 0 Å². The van der Waals surface area contributed by atoms with Crippen molar-refractivity contribution in [3.05, 3.63) is 65.7 Å². The second-order valence-corrected chi connectivity index (χ2v) is 7.85. The number of guanidine groups is 1. The van der Waals surface area contributed by atoms with Crippen molar-refractivity contribution in [2.45, 2.75) is 20.1 Å². The van der Waals surface area contributed by atoms with Gasteiger partial charge in [-0.25, -0.2) is 0 Å². The number of hydrogen-bond acceptors (Lipinski definition) is 4. The Hall–Kier alpha value is -2.33. The maximum atomic E-state index is 11.6. The fourth-order valence-electron chi connectivity index (χ4n) is 3.37. The number of amides is 1. The van der Waals surface area contributed by atoms with Crippen LogP contribution in [-0.2, 0) is 22.7 Å². The van der Waals surface area contributed by atoms with Crippen LogP contribution in [-0.4, -0.2) is 51.7 Å². The molecular weight excluding hydrogens is 517 g/mol. The minimum Gasteiger partial charge on any atom is -0.376 e. The normalized spacial score (nSPS) is 14.9. The monoisotopic (exact) mass is 551 g/mol.